The third kappa shape index (κ3) is 3.89. The van der Waals surface area contributed by atoms with Crippen LogP contribution in [0.2, 0.25) is 0 Å². The van der Waals surface area contributed by atoms with Gasteiger partial charge < -0.3 is 10.4 Å². The normalized spacial score (nSPS) is 19.1. The summed E-state index contributed by atoms with van der Waals surface area (Å²) >= 11 is 0. The molecule has 1 fully saturated rings. The van der Waals surface area contributed by atoms with E-state index in [1.807, 2.05) is 13.8 Å². The maximum absolute atomic E-state index is 12.1. The fourth-order valence-corrected chi connectivity index (χ4v) is 3.33. The van der Waals surface area contributed by atoms with Crippen molar-refractivity contribution in [3.8, 4) is 0 Å². The Morgan fingerprint density at radius 3 is 2.28 bits per heavy atom. The summed E-state index contributed by atoms with van der Waals surface area (Å²) in [4.78, 5) is 0. The number of aliphatic hydroxyl groups excluding tert-OH is 1. The van der Waals surface area contributed by atoms with E-state index < -0.39 is 10.2 Å². The molecule has 18 heavy (non-hydrogen) atoms. The second-order valence-corrected chi connectivity index (χ2v) is 6.60. The molecule has 108 valence electrons. The summed E-state index contributed by atoms with van der Waals surface area (Å²) < 4.78 is 28.3. The zero-order valence-electron chi connectivity index (χ0n) is 11.3. The van der Waals surface area contributed by atoms with Gasteiger partial charge in [-0.15, -0.1) is 0 Å². The number of hydrogen-bond acceptors (Lipinski definition) is 4. The largest absolute Gasteiger partial charge is 0.396 e. The molecule has 1 heterocycles. The minimum Gasteiger partial charge on any atom is -0.396 e. The van der Waals surface area contributed by atoms with Crippen LogP contribution in [-0.2, 0) is 10.2 Å². The molecule has 1 aliphatic heterocycles. The maximum Gasteiger partial charge on any atom is 0.279 e. The van der Waals surface area contributed by atoms with Gasteiger partial charge in [-0.05, 0) is 12.8 Å². The van der Waals surface area contributed by atoms with Crippen LogP contribution in [0.4, 0.5) is 0 Å². The fraction of sp³-hybridized carbons (Fsp3) is 1.00. The average molecular weight is 279 g/mol. The average Bonchev–Trinajstić information content (AvgIpc) is 2.42. The van der Waals surface area contributed by atoms with Crippen LogP contribution < -0.4 is 10.0 Å². The van der Waals surface area contributed by atoms with Gasteiger partial charge in [0.15, 0.2) is 0 Å². The zero-order chi connectivity index (χ0) is 13.6. The summed E-state index contributed by atoms with van der Waals surface area (Å²) in [5.41, 5.74) is -0.346. The molecule has 1 rings (SSSR count). The first-order valence-corrected chi connectivity index (χ1v) is 8.00. The lowest BCUT2D eigenvalue weighted by molar-refractivity contribution is 0.118. The van der Waals surface area contributed by atoms with Gasteiger partial charge in [0.05, 0.1) is 0 Å². The monoisotopic (exact) mass is 279 g/mol. The molecule has 0 aromatic carbocycles. The Bertz CT molecular complexity index is 327. The standard InChI is InChI=1S/C11H25N3O3S/c1-3-11(4-2,10-15)9-13-18(16,17)14-7-5-12-6-8-14/h12-13,15H,3-10H2,1-2H3. The van der Waals surface area contributed by atoms with Gasteiger partial charge in [-0.3, -0.25) is 0 Å². The van der Waals surface area contributed by atoms with Crippen LogP contribution >= 0.6 is 0 Å². The molecule has 0 atom stereocenters. The first kappa shape index (κ1) is 15.8. The summed E-state index contributed by atoms with van der Waals surface area (Å²) in [6, 6.07) is 0. The highest BCUT2D eigenvalue weighted by molar-refractivity contribution is 7.87. The van der Waals surface area contributed by atoms with Gasteiger partial charge in [0.1, 0.15) is 0 Å². The molecule has 0 aromatic heterocycles. The van der Waals surface area contributed by atoms with E-state index in [0.717, 1.165) is 12.8 Å². The summed E-state index contributed by atoms with van der Waals surface area (Å²) in [5, 5.41) is 12.5. The Hall–Kier alpha value is -0.210. The van der Waals surface area contributed by atoms with Crippen LogP contribution in [0.25, 0.3) is 0 Å². The second kappa shape index (κ2) is 6.81. The van der Waals surface area contributed by atoms with Crippen molar-refractivity contribution in [3.63, 3.8) is 0 Å². The molecule has 0 aromatic rings. The first-order valence-electron chi connectivity index (χ1n) is 6.56. The Morgan fingerprint density at radius 2 is 1.83 bits per heavy atom. The van der Waals surface area contributed by atoms with E-state index in [0.29, 0.717) is 32.7 Å². The van der Waals surface area contributed by atoms with Crippen LogP contribution in [0, 0.1) is 5.41 Å². The number of piperazine rings is 1. The summed E-state index contributed by atoms with van der Waals surface area (Å²) in [7, 11) is -3.41. The number of rotatable bonds is 7. The quantitative estimate of drug-likeness (QED) is 0.588. The molecule has 0 spiro atoms. The van der Waals surface area contributed by atoms with Crippen molar-refractivity contribution in [2.75, 3.05) is 39.3 Å². The molecule has 1 aliphatic rings. The molecule has 0 amide bonds. The third-order valence-electron chi connectivity index (χ3n) is 3.88. The van der Waals surface area contributed by atoms with E-state index in [2.05, 4.69) is 10.0 Å². The number of hydrogen-bond donors (Lipinski definition) is 3. The number of nitrogens with one attached hydrogen (secondary N) is 2. The lowest BCUT2D eigenvalue weighted by Crippen LogP contribution is -2.52. The van der Waals surface area contributed by atoms with Gasteiger partial charge in [-0.1, -0.05) is 13.8 Å². The molecule has 0 unspecified atom stereocenters. The molecule has 0 aliphatic carbocycles. The van der Waals surface area contributed by atoms with Crippen LogP contribution in [0.3, 0.4) is 0 Å². The maximum atomic E-state index is 12.1. The first-order chi connectivity index (χ1) is 8.49. The second-order valence-electron chi connectivity index (χ2n) is 4.84. The van der Waals surface area contributed by atoms with Gasteiger partial charge in [-0.25, -0.2) is 4.72 Å². The zero-order valence-corrected chi connectivity index (χ0v) is 12.1. The smallest absolute Gasteiger partial charge is 0.279 e. The van der Waals surface area contributed by atoms with Gasteiger partial charge in [0.2, 0.25) is 0 Å². The molecule has 7 heteroatoms. The Kier molecular flexibility index (Phi) is 6.00. The van der Waals surface area contributed by atoms with E-state index in [9.17, 15) is 13.5 Å². The predicted octanol–water partition coefficient (Wildman–Crippen LogP) is -0.475. The SMILES string of the molecule is CCC(CC)(CO)CNS(=O)(=O)N1CCNCC1. The van der Waals surface area contributed by atoms with Crippen molar-refractivity contribution >= 4 is 10.2 Å². The van der Waals surface area contributed by atoms with E-state index in [1.54, 1.807) is 0 Å². The van der Waals surface area contributed by atoms with Crippen LogP contribution in [0.5, 0.6) is 0 Å². The van der Waals surface area contributed by atoms with E-state index >= 15 is 0 Å². The minimum absolute atomic E-state index is 0.00404. The van der Waals surface area contributed by atoms with Crippen LogP contribution in [0.15, 0.2) is 0 Å². The van der Waals surface area contributed by atoms with E-state index in [-0.39, 0.29) is 12.0 Å². The lowest BCUT2D eigenvalue weighted by Gasteiger charge is -2.32. The van der Waals surface area contributed by atoms with Crippen LogP contribution in [-0.4, -0.2) is 57.2 Å². The van der Waals surface area contributed by atoms with E-state index in [4.69, 9.17) is 0 Å². The van der Waals surface area contributed by atoms with Crippen molar-refractivity contribution in [1.29, 1.82) is 0 Å². The molecule has 3 N–H and O–H groups in total. The molecular weight excluding hydrogens is 254 g/mol. The molecule has 0 radical (unpaired) electrons. The van der Waals surface area contributed by atoms with Crippen molar-refractivity contribution in [1.82, 2.24) is 14.3 Å². The third-order valence-corrected chi connectivity index (χ3v) is 5.43. The van der Waals surface area contributed by atoms with Crippen molar-refractivity contribution in [3.05, 3.63) is 0 Å². The molecule has 0 saturated carbocycles. The fourth-order valence-electron chi connectivity index (χ4n) is 2.00. The van der Waals surface area contributed by atoms with Crippen molar-refractivity contribution in [2.24, 2.45) is 5.41 Å². The topological polar surface area (TPSA) is 81.7 Å². The minimum atomic E-state index is -3.41. The number of aliphatic hydroxyl groups is 1. The molecule has 1 saturated heterocycles. The highest BCUT2D eigenvalue weighted by Gasteiger charge is 2.30. The van der Waals surface area contributed by atoms with Crippen molar-refractivity contribution < 1.29 is 13.5 Å². The summed E-state index contributed by atoms with van der Waals surface area (Å²) in [6.45, 7) is 6.62. The molecular formula is C11H25N3O3S. The van der Waals surface area contributed by atoms with Gasteiger partial charge in [0.25, 0.3) is 10.2 Å². The number of nitrogens with zero attached hydrogens (tertiary/aromatic N) is 1. The predicted molar refractivity (Wildman–Crippen MR) is 71.5 cm³/mol. The highest BCUT2D eigenvalue weighted by Crippen LogP contribution is 2.24. The summed E-state index contributed by atoms with van der Waals surface area (Å²) in [5.74, 6) is 0. The summed E-state index contributed by atoms with van der Waals surface area (Å²) in [6.07, 6.45) is 1.51. The van der Waals surface area contributed by atoms with Gasteiger partial charge >= 0.3 is 0 Å². The lowest BCUT2D eigenvalue weighted by atomic mass is 9.84. The van der Waals surface area contributed by atoms with Gasteiger partial charge in [-0.2, -0.15) is 12.7 Å². The molecule has 6 nitrogen and oxygen atoms in total. The Balaban J connectivity index is 2.59. The van der Waals surface area contributed by atoms with Gasteiger partial charge in [0, 0.05) is 44.7 Å². The Labute approximate surface area is 110 Å². The molecule has 0 bridgehead atoms. The van der Waals surface area contributed by atoms with Crippen molar-refractivity contribution in [2.45, 2.75) is 26.7 Å². The van der Waals surface area contributed by atoms with E-state index in [1.165, 1.54) is 4.31 Å². The Morgan fingerprint density at radius 1 is 1.28 bits per heavy atom. The van der Waals surface area contributed by atoms with Crippen LogP contribution in [0.1, 0.15) is 26.7 Å². The highest BCUT2D eigenvalue weighted by atomic mass is 32.2.